The summed E-state index contributed by atoms with van der Waals surface area (Å²) in [4.78, 5) is 40.5. The number of rotatable bonds is 22. The molecular formula is C50H60BClN6O8. The summed E-state index contributed by atoms with van der Waals surface area (Å²) in [5, 5.41) is 24.5. The zero-order chi connectivity index (χ0) is 47.4. The molecule has 0 aliphatic heterocycles. The summed E-state index contributed by atoms with van der Waals surface area (Å²) in [6.07, 6.45) is 8.15. The number of carbonyl (C=O) groups excluding carboxylic acids is 2. The third-order valence-corrected chi connectivity index (χ3v) is 9.81. The maximum atomic E-state index is 12.3. The molecule has 4 aromatic carbocycles. The van der Waals surface area contributed by atoms with Gasteiger partial charge in [-0.05, 0) is 79.7 Å². The van der Waals surface area contributed by atoms with Gasteiger partial charge in [0.25, 0.3) is 0 Å². The second-order valence-electron chi connectivity index (χ2n) is 14.7. The van der Waals surface area contributed by atoms with E-state index in [1.165, 1.54) is 12.7 Å². The second-order valence-corrected chi connectivity index (χ2v) is 15.1. The highest BCUT2D eigenvalue weighted by molar-refractivity contribution is 6.58. The number of benzene rings is 4. The van der Waals surface area contributed by atoms with Crippen LogP contribution < -0.4 is 25.6 Å². The molecule has 14 nitrogen and oxygen atoms in total. The average molecular weight is 919 g/mol. The average Bonchev–Trinajstić information content (AvgIpc) is 3.34. The molecule has 0 bridgehead atoms. The first-order chi connectivity index (χ1) is 32.1. The van der Waals surface area contributed by atoms with E-state index in [0.717, 1.165) is 53.8 Å². The molecule has 6 aromatic rings. The van der Waals surface area contributed by atoms with Gasteiger partial charge in [0.05, 0.1) is 18.9 Å². The van der Waals surface area contributed by atoms with E-state index in [4.69, 9.17) is 40.6 Å². The van der Waals surface area contributed by atoms with Crippen LogP contribution in [0.5, 0.6) is 11.5 Å². The zero-order valence-electron chi connectivity index (χ0n) is 38.0. The van der Waals surface area contributed by atoms with Crippen molar-refractivity contribution in [1.82, 2.24) is 19.9 Å². The molecule has 66 heavy (non-hydrogen) atoms. The Morgan fingerprint density at radius 1 is 0.606 bits per heavy atom. The zero-order valence-corrected chi connectivity index (χ0v) is 38.8. The minimum absolute atomic E-state index is 0.254. The van der Waals surface area contributed by atoms with Crippen LogP contribution in [0.25, 0.3) is 11.3 Å². The lowest BCUT2D eigenvalue weighted by Gasteiger charge is -2.17. The van der Waals surface area contributed by atoms with Crippen LogP contribution in [0, 0.1) is 0 Å². The van der Waals surface area contributed by atoms with Crippen LogP contribution in [0.3, 0.4) is 0 Å². The van der Waals surface area contributed by atoms with Crippen molar-refractivity contribution in [2.75, 3.05) is 23.8 Å². The molecule has 0 saturated heterocycles. The van der Waals surface area contributed by atoms with Crippen molar-refractivity contribution < 1.29 is 38.6 Å². The number of aromatic nitrogens is 4. The SMILES string of the molecule is CCCC[C@@H](Nc1cc(-c2ccc(OCc3ccccc3)cc2)ncn1)C(=O)OCC.CCCC[C@@H](Nc1cc(Cl)ncn1)C(=O)OCC.OB(O)c1ccc(OCc2ccccc2)cc1. The van der Waals surface area contributed by atoms with Crippen LogP contribution in [0.2, 0.25) is 5.15 Å². The van der Waals surface area contributed by atoms with Crippen molar-refractivity contribution in [2.24, 2.45) is 0 Å². The predicted octanol–water partition coefficient (Wildman–Crippen LogP) is 8.87. The van der Waals surface area contributed by atoms with Crippen LogP contribution in [-0.2, 0) is 32.3 Å². The summed E-state index contributed by atoms with van der Waals surface area (Å²) < 4.78 is 21.6. The van der Waals surface area contributed by atoms with Gasteiger partial charge >= 0.3 is 19.1 Å². The Morgan fingerprint density at radius 3 is 1.50 bits per heavy atom. The van der Waals surface area contributed by atoms with Gasteiger partial charge in [-0.1, -0.05) is 124 Å². The molecule has 0 spiro atoms. The van der Waals surface area contributed by atoms with E-state index >= 15 is 0 Å². The maximum Gasteiger partial charge on any atom is 0.488 e. The molecule has 2 heterocycles. The molecule has 4 N–H and O–H groups in total. The number of hydrogen-bond acceptors (Lipinski definition) is 14. The molecule has 16 heteroatoms. The van der Waals surface area contributed by atoms with Gasteiger partial charge in [-0.15, -0.1) is 0 Å². The first-order valence-corrected chi connectivity index (χ1v) is 22.6. The Hall–Kier alpha value is -6.55. The summed E-state index contributed by atoms with van der Waals surface area (Å²) in [5.74, 6) is 2.12. The Morgan fingerprint density at radius 2 is 1.06 bits per heavy atom. The molecular weight excluding hydrogens is 859 g/mol. The predicted molar refractivity (Wildman–Crippen MR) is 259 cm³/mol. The summed E-state index contributed by atoms with van der Waals surface area (Å²) in [6, 6.07) is 37.0. The highest BCUT2D eigenvalue weighted by Crippen LogP contribution is 2.24. The van der Waals surface area contributed by atoms with Gasteiger partial charge in [-0.25, -0.2) is 29.5 Å². The van der Waals surface area contributed by atoms with Gasteiger partial charge in [-0.3, -0.25) is 0 Å². The molecule has 0 radical (unpaired) electrons. The summed E-state index contributed by atoms with van der Waals surface area (Å²) >= 11 is 5.77. The van der Waals surface area contributed by atoms with Crippen molar-refractivity contribution in [3.63, 3.8) is 0 Å². The van der Waals surface area contributed by atoms with Gasteiger partial charge in [0.1, 0.15) is 66.2 Å². The van der Waals surface area contributed by atoms with Crippen LogP contribution in [-0.4, -0.2) is 74.3 Å². The molecule has 0 aliphatic carbocycles. The first kappa shape index (κ1) is 52.1. The topological polar surface area (TPSA) is 187 Å². The van der Waals surface area contributed by atoms with Gasteiger partial charge in [-0.2, -0.15) is 0 Å². The van der Waals surface area contributed by atoms with Crippen molar-refractivity contribution >= 4 is 47.8 Å². The normalized spacial score (nSPS) is 11.3. The molecule has 6 rings (SSSR count). The lowest BCUT2D eigenvalue weighted by atomic mass is 9.80. The molecule has 0 fully saturated rings. The van der Waals surface area contributed by atoms with Gasteiger partial charge < -0.3 is 39.6 Å². The van der Waals surface area contributed by atoms with Crippen LogP contribution >= 0.6 is 11.6 Å². The highest BCUT2D eigenvalue weighted by atomic mass is 35.5. The Balaban J connectivity index is 0.000000233. The molecule has 0 unspecified atom stereocenters. The standard InChI is InChI=1S/C25H29N3O3.C13H13BO3.C12H18ClN3O2/c1-3-5-11-22(25(29)30-4-2)28-24-16-23(26-18-27-24)20-12-14-21(15-13-20)31-17-19-9-7-6-8-10-19;15-14(16)12-6-8-13(9-7-12)17-10-11-4-2-1-3-5-11;1-3-5-6-9(12(17)18-4-2)16-11-7-10(13)14-8-15-11/h6-10,12-16,18,22H,3-5,11,17H2,1-2H3,(H,26,27,28);1-9,15-16H,10H2;7-9H,3-6H2,1-2H3,(H,14,15,16)/t22-;;9-/m1.1/s1. The second kappa shape index (κ2) is 29.8. The molecule has 348 valence electrons. The summed E-state index contributed by atoms with van der Waals surface area (Å²) in [6.45, 7) is 9.52. The summed E-state index contributed by atoms with van der Waals surface area (Å²) in [7, 11) is -1.43. The number of unbranched alkanes of at least 4 members (excludes halogenated alkanes) is 2. The molecule has 0 saturated carbocycles. The number of carbonyl (C=O) groups is 2. The van der Waals surface area contributed by atoms with Crippen molar-refractivity contribution in [3.8, 4) is 22.8 Å². The van der Waals surface area contributed by atoms with E-state index in [9.17, 15) is 9.59 Å². The van der Waals surface area contributed by atoms with Crippen molar-refractivity contribution in [2.45, 2.75) is 91.5 Å². The van der Waals surface area contributed by atoms with E-state index in [1.54, 1.807) is 37.3 Å². The molecule has 0 aliphatic rings. The van der Waals surface area contributed by atoms with E-state index in [-0.39, 0.29) is 11.9 Å². The first-order valence-electron chi connectivity index (χ1n) is 22.2. The van der Waals surface area contributed by atoms with Gasteiger partial charge in [0.15, 0.2) is 0 Å². The molecule has 2 aromatic heterocycles. The van der Waals surface area contributed by atoms with E-state index in [2.05, 4.69) is 44.4 Å². The fourth-order valence-corrected chi connectivity index (χ4v) is 6.25. The number of hydrogen-bond donors (Lipinski definition) is 4. The molecule has 2 atom stereocenters. The number of anilines is 2. The lowest BCUT2D eigenvalue weighted by Crippen LogP contribution is -2.31. The maximum absolute atomic E-state index is 12.3. The summed E-state index contributed by atoms with van der Waals surface area (Å²) in [5.41, 5.74) is 4.39. The Labute approximate surface area is 393 Å². The highest BCUT2D eigenvalue weighted by Gasteiger charge is 2.21. The Kier molecular flexibility index (Phi) is 23.5. The number of nitrogens with zero attached hydrogens (tertiary/aromatic N) is 4. The fraction of sp³-hybridized carbons (Fsp3) is 0.320. The quantitative estimate of drug-likeness (QED) is 0.0287. The smallest absolute Gasteiger partial charge is 0.488 e. The minimum Gasteiger partial charge on any atom is -0.489 e. The molecule has 0 amide bonds. The van der Waals surface area contributed by atoms with Crippen molar-refractivity contribution in [1.29, 1.82) is 0 Å². The van der Waals surface area contributed by atoms with Crippen molar-refractivity contribution in [3.05, 3.63) is 150 Å². The largest absolute Gasteiger partial charge is 0.489 e. The Bertz CT molecular complexity index is 2280. The monoisotopic (exact) mass is 918 g/mol. The van der Waals surface area contributed by atoms with Crippen LogP contribution in [0.1, 0.15) is 77.3 Å². The van der Waals surface area contributed by atoms with Gasteiger partial charge in [0, 0.05) is 17.7 Å². The number of halogens is 1. The third-order valence-electron chi connectivity index (χ3n) is 9.60. The number of esters is 2. The van der Waals surface area contributed by atoms with Crippen LogP contribution in [0.4, 0.5) is 11.6 Å². The minimum atomic E-state index is -1.43. The van der Waals surface area contributed by atoms with Gasteiger partial charge in [0.2, 0.25) is 0 Å². The van der Waals surface area contributed by atoms with E-state index < -0.39 is 19.2 Å². The van der Waals surface area contributed by atoms with E-state index in [1.807, 2.05) is 97.9 Å². The van der Waals surface area contributed by atoms with Crippen LogP contribution in [0.15, 0.2) is 134 Å². The lowest BCUT2D eigenvalue weighted by molar-refractivity contribution is -0.145. The number of nitrogens with one attached hydrogen (secondary N) is 2. The third kappa shape index (κ3) is 19.3. The van der Waals surface area contributed by atoms with E-state index in [0.29, 0.717) is 67.3 Å². The fourth-order valence-electron chi connectivity index (χ4n) is 6.10. The number of ether oxygens (including phenoxy) is 4.